The average molecular weight is 763 g/mol. The van der Waals surface area contributed by atoms with Crippen LogP contribution < -0.4 is 28.0 Å². The number of rotatable bonds is 8. The average Bonchev–Trinajstić information content (AvgIpc) is 3.67. The molecule has 5 aromatic rings. The Kier molecular flexibility index (Phi) is 11.1. The first-order valence-corrected chi connectivity index (χ1v) is 16.6. The fraction of sp³-hybridized carbons (Fsp3) is 0.316. The summed E-state index contributed by atoms with van der Waals surface area (Å²) in [5.41, 5.74) is 1.42. The lowest BCUT2D eigenvalue weighted by Crippen LogP contribution is -3.00. The quantitative estimate of drug-likeness (QED) is 0.241. The summed E-state index contributed by atoms with van der Waals surface area (Å²) in [6.45, 7) is 3.51. The van der Waals surface area contributed by atoms with Gasteiger partial charge in [-0.3, -0.25) is 4.57 Å². The molecule has 6 rings (SSSR count). The highest BCUT2D eigenvalue weighted by molar-refractivity contribution is 5.83. The third kappa shape index (κ3) is 8.18. The van der Waals surface area contributed by atoms with Crippen LogP contribution in [-0.2, 0) is 12.7 Å². The maximum absolute atomic E-state index is 14.2. The first kappa shape index (κ1) is 37.3. The van der Waals surface area contributed by atoms with Crippen molar-refractivity contribution in [3.05, 3.63) is 124 Å². The Morgan fingerprint density at radius 1 is 0.961 bits per heavy atom. The second-order valence-electron chi connectivity index (χ2n) is 13.7. The summed E-state index contributed by atoms with van der Waals surface area (Å²) in [4.78, 5) is 28.3. The maximum Gasteiger partial charge on any atom is 0.416 e. The van der Waals surface area contributed by atoms with Crippen molar-refractivity contribution in [2.45, 2.75) is 51.4 Å². The molecule has 3 aromatic carbocycles. The fourth-order valence-electron chi connectivity index (χ4n) is 7.16. The summed E-state index contributed by atoms with van der Waals surface area (Å²) >= 11 is 0. The van der Waals surface area contributed by atoms with E-state index in [1.54, 1.807) is 37.3 Å². The van der Waals surface area contributed by atoms with Gasteiger partial charge in [0.05, 0.1) is 66.8 Å². The first-order chi connectivity index (χ1) is 23.8. The molecule has 0 saturated heterocycles. The number of amides is 1. The molecular weight excluding hydrogens is 723 g/mol. The molecule has 1 aliphatic rings. The normalized spacial score (nSPS) is 16.3. The number of carbonyl (C=O) groups excluding carboxylic acids is 1. The van der Waals surface area contributed by atoms with Crippen molar-refractivity contribution >= 4 is 6.03 Å². The predicted octanol–water partition coefficient (Wildman–Crippen LogP) is 4.09. The van der Waals surface area contributed by atoms with E-state index in [1.165, 1.54) is 28.6 Å². The molecule has 0 aliphatic heterocycles. The van der Waals surface area contributed by atoms with Gasteiger partial charge in [0, 0.05) is 17.5 Å². The molecule has 0 radical (unpaired) electrons. The molecule has 1 N–H and O–H groups in total. The Labute approximate surface area is 304 Å². The third-order valence-corrected chi connectivity index (χ3v) is 9.43. The van der Waals surface area contributed by atoms with Crippen LogP contribution in [0, 0.1) is 24.2 Å². The summed E-state index contributed by atoms with van der Waals surface area (Å²) in [6, 6.07) is 24.4. The summed E-state index contributed by atoms with van der Waals surface area (Å²) in [5, 5.41) is 16.7. The molecule has 0 unspecified atom stereocenters. The SMILES string of the molecule is Cc1c(-c2ccnn2-c2ccc(C#N)cc2)n(C(=O)N[C@H]2CC[C@H](C[N+](C)(C)Cc3ccccc3)CC2)c(=O)n1-c1cccc(C(F)(F)F)c1.[Br-]. The summed E-state index contributed by atoms with van der Waals surface area (Å²) in [5.74, 6) is 0.478. The number of nitrogens with one attached hydrogen (secondary N) is 1. The molecule has 1 saturated carbocycles. The maximum atomic E-state index is 14.2. The van der Waals surface area contributed by atoms with Crippen molar-refractivity contribution in [3.63, 3.8) is 0 Å². The van der Waals surface area contributed by atoms with Crippen molar-refractivity contribution in [2.24, 2.45) is 5.92 Å². The summed E-state index contributed by atoms with van der Waals surface area (Å²) in [7, 11) is 4.46. The molecule has 9 nitrogen and oxygen atoms in total. The molecular formula is C38H39BrF3N7O2. The van der Waals surface area contributed by atoms with Gasteiger partial charge in [-0.1, -0.05) is 36.4 Å². The molecule has 266 valence electrons. The van der Waals surface area contributed by atoms with E-state index in [-0.39, 0.29) is 40.1 Å². The van der Waals surface area contributed by atoms with E-state index in [0.717, 1.165) is 64.5 Å². The predicted molar refractivity (Wildman–Crippen MR) is 184 cm³/mol. The highest BCUT2D eigenvalue weighted by atomic mass is 79.9. The minimum Gasteiger partial charge on any atom is -1.00 e. The lowest BCUT2D eigenvalue weighted by atomic mass is 9.85. The van der Waals surface area contributed by atoms with E-state index >= 15 is 0 Å². The van der Waals surface area contributed by atoms with Crippen molar-refractivity contribution in [1.82, 2.24) is 24.2 Å². The van der Waals surface area contributed by atoms with Crippen LogP contribution in [0.1, 0.15) is 48.1 Å². The monoisotopic (exact) mass is 761 g/mol. The van der Waals surface area contributed by atoms with Gasteiger partial charge in [-0.15, -0.1) is 0 Å². The van der Waals surface area contributed by atoms with Crippen LogP contribution in [0.5, 0.6) is 0 Å². The first-order valence-electron chi connectivity index (χ1n) is 16.6. The van der Waals surface area contributed by atoms with Gasteiger partial charge in [0.1, 0.15) is 12.2 Å². The van der Waals surface area contributed by atoms with Gasteiger partial charge in [0.15, 0.2) is 0 Å². The summed E-state index contributed by atoms with van der Waals surface area (Å²) in [6.07, 6.45) is 0.196. The molecule has 2 aromatic heterocycles. The van der Waals surface area contributed by atoms with Gasteiger partial charge in [0.25, 0.3) is 0 Å². The van der Waals surface area contributed by atoms with E-state index in [0.29, 0.717) is 22.9 Å². The van der Waals surface area contributed by atoms with Gasteiger partial charge < -0.3 is 26.8 Å². The van der Waals surface area contributed by atoms with Crippen LogP contribution in [0.4, 0.5) is 18.0 Å². The van der Waals surface area contributed by atoms with Crippen molar-refractivity contribution in [2.75, 3.05) is 20.6 Å². The van der Waals surface area contributed by atoms with Crippen LogP contribution >= 0.6 is 0 Å². The Bertz CT molecular complexity index is 2090. The highest BCUT2D eigenvalue weighted by Crippen LogP contribution is 2.33. The number of hydrogen-bond donors (Lipinski definition) is 1. The van der Waals surface area contributed by atoms with E-state index in [1.807, 2.05) is 6.07 Å². The lowest BCUT2D eigenvalue weighted by Gasteiger charge is -2.36. The van der Waals surface area contributed by atoms with Gasteiger partial charge in [0.2, 0.25) is 0 Å². The van der Waals surface area contributed by atoms with Crippen LogP contribution in [0.15, 0.2) is 95.9 Å². The number of carbonyl (C=O) groups is 1. The van der Waals surface area contributed by atoms with Crippen molar-refractivity contribution < 1.29 is 39.4 Å². The molecule has 2 heterocycles. The number of nitrogens with zero attached hydrogens (tertiary/aromatic N) is 6. The largest absolute Gasteiger partial charge is 1.00 e. The number of halogens is 4. The zero-order valence-corrected chi connectivity index (χ0v) is 30.2. The van der Waals surface area contributed by atoms with Crippen LogP contribution in [-0.4, -0.2) is 56.1 Å². The Morgan fingerprint density at radius 2 is 1.65 bits per heavy atom. The molecule has 51 heavy (non-hydrogen) atoms. The van der Waals surface area contributed by atoms with E-state index in [9.17, 15) is 28.0 Å². The van der Waals surface area contributed by atoms with Crippen LogP contribution in [0.2, 0.25) is 0 Å². The number of alkyl halides is 3. The van der Waals surface area contributed by atoms with E-state index in [2.05, 4.69) is 54.8 Å². The van der Waals surface area contributed by atoms with Gasteiger partial charge >= 0.3 is 17.9 Å². The fourth-order valence-corrected chi connectivity index (χ4v) is 7.16. The Morgan fingerprint density at radius 3 is 2.29 bits per heavy atom. The van der Waals surface area contributed by atoms with Gasteiger partial charge in [-0.2, -0.15) is 23.5 Å². The van der Waals surface area contributed by atoms with Crippen LogP contribution in [0.25, 0.3) is 22.8 Å². The molecule has 0 bridgehead atoms. The van der Waals surface area contributed by atoms with Crippen molar-refractivity contribution in [1.29, 1.82) is 5.26 Å². The minimum absolute atomic E-state index is 0. The molecule has 0 atom stereocenters. The number of nitriles is 1. The standard InChI is InChI=1S/C38H38F3N7O2.BrH/c1-26-35(34-20-21-43-47(34)32-18-14-27(23-42)15-19-32)46(37(50)45(26)33-11-7-10-30(22-33)38(39,40)41)36(49)44-31-16-12-29(13-17-31)25-48(2,3)24-28-8-5-4-6-9-28;/h4-11,14-15,18-22,29,31H,12-13,16-17,24-25H2,1-3H3;1H/t29-,31-;. The van der Waals surface area contributed by atoms with Gasteiger partial charge in [-0.05, 0) is 81.1 Å². The summed E-state index contributed by atoms with van der Waals surface area (Å²) < 4.78 is 45.6. The zero-order valence-electron chi connectivity index (χ0n) is 28.6. The number of benzene rings is 3. The number of aromatic nitrogens is 4. The topological polar surface area (TPSA) is 97.6 Å². The Balaban J connectivity index is 0.00000504. The van der Waals surface area contributed by atoms with E-state index in [4.69, 9.17) is 0 Å². The minimum atomic E-state index is -4.63. The smallest absolute Gasteiger partial charge is 0.416 e. The number of hydrogen-bond acceptors (Lipinski definition) is 4. The van der Waals surface area contributed by atoms with Crippen LogP contribution in [0.3, 0.4) is 0 Å². The molecule has 1 amide bonds. The highest BCUT2D eigenvalue weighted by Gasteiger charge is 2.33. The number of quaternary nitrogens is 1. The third-order valence-electron chi connectivity index (χ3n) is 9.43. The molecule has 0 spiro atoms. The van der Waals surface area contributed by atoms with E-state index < -0.39 is 23.5 Å². The second kappa shape index (κ2) is 15.1. The van der Waals surface area contributed by atoms with Gasteiger partial charge in [-0.25, -0.2) is 18.8 Å². The Hall–Kier alpha value is -4.93. The van der Waals surface area contributed by atoms with Crippen molar-refractivity contribution in [3.8, 4) is 28.8 Å². The molecule has 1 fully saturated rings. The molecule has 13 heteroatoms. The zero-order chi connectivity index (χ0) is 35.6. The number of imidazole rings is 1. The second-order valence-corrected chi connectivity index (χ2v) is 13.7. The lowest BCUT2D eigenvalue weighted by molar-refractivity contribution is -0.907. The molecule has 1 aliphatic carbocycles.